The fraction of sp³-hybridized carbons (Fsp3) is 0.417. The highest BCUT2D eigenvalue weighted by Gasteiger charge is 2.13. The SMILES string of the molecule is COCC(O)CN(C)c1snc2ccccc12. The Bertz CT molecular complexity index is 486. The number of rotatable bonds is 5. The summed E-state index contributed by atoms with van der Waals surface area (Å²) in [5.74, 6) is 0. The molecule has 5 heteroatoms. The third-order valence-corrected chi connectivity index (χ3v) is 3.55. The second kappa shape index (κ2) is 5.44. The van der Waals surface area contributed by atoms with E-state index in [0.717, 1.165) is 15.9 Å². The van der Waals surface area contributed by atoms with Gasteiger partial charge < -0.3 is 14.7 Å². The van der Waals surface area contributed by atoms with E-state index >= 15 is 0 Å². The summed E-state index contributed by atoms with van der Waals surface area (Å²) in [6.45, 7) is 0.890. The van der Waals surface area contributed by atoms with Gasteiger partial charge in [-0.25, -0.2) is 0 Å². The summed E-state index contributed by atoms with van der Waals surface area (Å²) >= 11 is 1.46. The molecular formula is C12H16N2O2S. The number of likely N-dealkylation sites (N-methyl/N-ethyl adjacent to an activating group) is 1. The minimum absolute atomic E-state index is 0.348. The van der Waals surface area contributed by atoms with Crippen molar-refractivity contribution in [1.29, 1.82) is 0 Å². The maximum Gasteiger partial charge on any atom is 0.119 e. The van der Waals surface area contributed by atoms with Crippen LogP contribution < -0.4 is 4.90 Å². The fourth-order valence-corrected chi connectivity index (χ4v) is 2.62. The van der Waals surface area contributed by atoms with Gasteiger partial charge in [0.25, 0.3) is 0 Å². The lowest BCUT2D eigenvalue weighted by Gasteiger charge is -2.20. The normalized spacial score (nSPS) is 12.9. The van der Waals surface area contributed by atoms with Crippen molar-refractivity contribution < 1.29 is 9.84 Å². The van der Waals surface area contributed by atoms with Gasteiger partial charge in [0.15, 0.2) is 0 Å². The molecular weight excluding hydrogens is 236 g/mol. The Balaban J connectivity index is 2.16. The van der Waals surface area contributed by atoms with Crippen LogP contribution in [-0.2, 0) is 4.74 Å². The molecule has 4 nitrogen and oxygen atoms in total. The number of aliphatic hydroxyl groups excluding tert-OH is 1. The summed E-state index contributed by atoms with van der Waals surface area (Å²) in [6.07, 6.45) is -0.481. The highest BCUT2D eigenvalue weighted by Crippen LogP contribution is 2.30. The number of nitrogens with zero attached hydrogens (tertiary/aromatic N) is 2. The molecule has 1 atom stereocenters. The minimum atomic E-state index is -0.481. The summed E-state index contributed by atoms with van der Waals surface area (Å²) in [6, 6.07) is 8.02. The third kappa shape index (κ3) is 2.74. The Kier molecular flexibility index (Phi) is 3.93. The van der Waals surface area contributed by atoms with E-state index < -0.39 is 6.10 Å². The number of ether oxygens (including phenoxy) is 1. The molecule has 1 N–H and O–H groups in total. The monoisotopic (exact) mass is 252 g/mol. The number of methoxy groups -OCH3 is 1. The zero-order chi connectivity index (χ0) is 12.3. The van der Waals surface area contributed by atoms with Crippen LogP contribution in [0.25, 0.3) is 10.9 Å². The lowest BCUT2D eigenvalue weighted by Crippen LogP contribution is -2.31. The molecule has 2 rings (SSSR count). The van der Waals surface area contributed by atoms with Gasteiger partial charge in [-0.3, -0.25) is 0 Å². The van der Waals surface area contributed by atoms with E-state index in [1.807, 2.05) is 36.2 Å². The molecule has 92 valence electrons. The van der Waals surface area contributed by atoms with Crippen LogP contribution >= 0.6 is 11.5 Å². The van der Waals surface area contributed by atoms with E-state index in [4.69, 9.17) is 4.74 Å². The Hall–Kier alpha value is -1.17. The van der Waals surface area contributed by atoms with Crippen molar-refractivity contribution in [3.63, 3.8) is 0 Å². The van der Waals surface area contributed by atoms with Crippen LogP contribution in [-0.4, -0.2) is 42.9 Å². The van der Waals surface area contributed by atoms with Crippen molar-refractivity contribution in [2.75, 3.05) is 32.2 Å². The molecule has 0 fully saturated rings. The van der Waals surface area contributed by atoms with Gasteiger partial charge in [-0.2, -0.15) is 4.37 Å². The quantitative estimate of drug-likeness (QED) is 0.880. The lowest BCUT2D eigenvalue weighted by atomic mass is 10.2. The van der Waals surface area contributed by atoms with Crippen molar-refractivity contribution in [2.45, 2.75) is 6.10 Å². The van der Waals surface area contributed by atoms with Crippen molar-refractivity contribution in [3.8, 4) is 0 Å². The number of benzene rings is 1. The summed E-state index contributed by atoms with van der Waals surface area (Å²) in [7, 11) is 3.55. The van der Waals surface area contributed by atoms with Crippen LogP contribution in [0.1, 0.15) is 0 Å². The summed E-state index contributed by atoms with van der Waals surface area (Å²) < 4.78 is 9.30. The van der Waals surface area contributed by atoms with E-state index in [0.29, 0.717) is 13.2 Å². The third-order valence-electron chi connectivity index (χ3n) is 2.56. The van der Waals surface area contributed by atoms with Crippen molar-refractivity contribution >= 4 is 27.4 Å². The number of hydrogen-bond donors (Lipinski definition) is 1. The van der Waals surface area contributed by atoms with Crippen LogP contribution in [0, 0.1) is 0 Å². The molecule has 0 saturated carbocycles. The van der Waals surface area contributed by atoms with Gasteiger partial charge in [-0.15, -0.1) is 0 Å². The molecule has 0 bridgehead atoms. The molecule has 17 heavy (non-hydrogen) atoms. The van der Waals surface area contributed by atoms with Crippen LogP contribution in [0.5, 0.6) is 0 Å². The Labute approximate surface area is 105 Å². The summed E-state index contributed by atoms with van der Waals surface area (Å²) in [5.41, 5.74) is 1.00. The van der Waals surface area contributed by atoms with Crippen LogP contribution in [0.15, 0.2) is 24.3 Å². The molecule has 0 aliphatic heterocycles. The van der Waals surface area contributed by atoms with Crippen molar-refractivity contribution in [1.82, 2.24) is 4.37 Å². The highest BCUT2D eigenvalue weighted by molar-refractivity contribution is 7.11. The maximum absolute atomic E-state index is 9.71. The molecule has 0 spiro atoms. The van der Waals surface area contributed by atoms with Crippen molar-refractivity contribution in [3.05, 3.63) is 24.3 Å². The second-order valence-corrected chi connectivity index (χ2v) is 4.75. The first-order chi connectivity index (χ1) is 8.22. The zero-order valence-corrected chi connectivity index (χ0v) is 10.8. The molecule has 0 aliphatic rings. The van der Waals surface area contributed by atoms with Gasteiger partial charge in [-0.05, 0) is 23.7 Å². The predicted octanol–water partition coefficient (Wildman–Crippen LogP) is 1.74. The first-order valence-electron chi connectivity index (χ1n) is 5.45. The minimum Gasteiger partial charge on any atom is -0.389 e. The molecule has 0 saturated heterocycles. The number of hydrogen-bond acceptors (Lipinski definition) is 5. The van der Waals surface area contributed by atoms with Gasteiger partial charge in [-0.1, -0.05) is 12.1 Å². The number of anilines is 1. The average Bonchev–Trinajstić information content (AvgIpc) is 2.72. The number of aliphatic hydroxyl groups is 1. The Morgan fingerprint density at radius 1 is 1.47 bits per heavy atom. The highest BCUT2D eigenvalue weighted by atomic mass is 32.1. The van der Waals surface area contributed by atoms with Crippen LogP contribution in [0.3, 0.4) is 0 Å². The Morgan fingerprint density at radius 3 is 3.00 bits per heavy atom. The van der Waals surface area contributed by atoms with E-state index in [1.165, 1.54) is 11.5 Å². The molecule has 1 unspecified atom stereocenters. The average molecular weight is 252 g/mol. The van der Waals surface area contributed by atoms with E-state index in [-0.39, 0.29) is 0 Å². The van der Waals surface area contributed by atoms with E-state index in [2.05, 4.69) is 4.37 Å². The van der Waals surface area contributed by atoms with Crippen molar-refractivity contribution in [2.24, 2.45) is 0 Å². The molecule has 0 aliphatic carbocycles. The summed E-state index contributed by atoms with van der Waals surface area (Å²) in [4.78, 5) is 2.02. The standard InChI is InChI=1S/C12H16N2O2S/c1-14(7-9(15)8-16-2)12-10-5-3-4-6-11(10)13-17-12/h3-6,9,15H,7-8H2,1-2H3. The van der Waals surface area contributed by atoms with Gasteiger partial charge in [0, 0.05) is 26.1 Å². The van der Waals surface area contributed by atoms with Crippen LogP contribution in [0.2, 0.25) is 0 Å². The number of aromatic nitrogens is 1. The van der Waals surface area contributed by atoms with E-state index in [9.17, 15) is 5.11 Å². The smallest absolute Gasteiger partial charge is 0.119 e. The van der Waals surface area contributed by atoms with Gasteiger partial charge in [0.1, 0.15) is 5.00 Å². The maximum atomic E-state index is 9.71. The molecule has 2 aromatic rings. The van der Waals surface area contributed by atoms with Gasteiger partial charge >= 0.3 is 0 Å². The molecule has 1 heterocycles. The fourth-order valence-electron chi connectivity index (χ4n) is 1.80. The van der Waals surface area contributed by atoms with E-state index in [1.54, 1.807) is 7.11 Å². The van der Waals surface area contributed by atoms with Crippen LogP contribution in [0.4, 0.5) is 5.00 Å². The first kappa shape index (κ1) is 12.3. The molecule has 0 amide bonds. The first-order valence-corrected chi connectivity index (χ1v) is 6.22. The Morgan fingerprint density at radius 2 is 2.24 bits per heavy atom. The molecule has 0 radical (unpaired) electrons. The largest absolute Gasteiger partial charge is 0.389 e. The van der Waals surface area contributed by atoms with Gasteiger partial charge in [0.2, 0.25) is 0 Å². The second-order valence-electron chi connectivity index (χ2n) is 3.99. The zero-order valence-electron chi connectivity index (χ0n) is 9.96. The summed E-state index contributed by atoms with van der Waals surface area (Å²) in [5, 5.41) is 11.9. The lowest BCUT2D eigenvalue weighted by molar-refractivity contribution is 0.0696. The number of fused-ring (bicyclic) bond motifs is 1. The topological polar surface area (TPSA) is 45.6 Å². The predicted molar refractivity (Wildman–Crippen MR) is 70.8 cm³/mol. The molecule has 1 aromatic heterocycles. The van der Waals surface area contributed by atoms with Gasteiger partial charge in [0.05, 0.1) is 18.2 Å². The molecule has 1 aromatic carbocycles.